The van der Waals surface area contributed by atoms with Crippen LogP contribution in [0.2, 0.25) is 0 Å². The Morgan fingerprint density at radius 2 is 1.65 bits per heavy atom. The first-order valence-electron chi connectivity index (χ1n) is 13.5. The minimum atomic E-state index is -3.78. The molecule has 9 heteroatoms. The van der Waals surface area contributed by atoms with Crippen LogP contribution in [0.1, 0.15) is 56.1 Å². The molecule has 0 amide bonds. The fraction of sp³-hybridized carbons (Fsp3) is 0.387. The number of aryl methyl sites for hydroxylation is 1. The molecule has 0 saturated heterocycles. The van der Waals surface area contributed by atoms with Crippen LogP contribution in [0, 0.1) is 6.92 Å². The highest BCUT2D eigenvalue weighted by atomic mass is 32.2. The Hall–Kier alpha value is -3.56. The van der Waals surface area contributed by atoms with Gasteiger partial charge < -0.3 is 14.2 Å². The molecule has 2 heterocycles. The second kappa shape index (κ2) is 12.3. The number of sulfone groups is 1. The van der Waals surface area contributed by atoms with Gasteiger partial charge in [0.05, 0.1) is 36.9 Å². The summed E-state index contributed by atoms with van der Waals surface area (Å²) in [6.45, 7) is 9.32. The molecule has 1 unspecified atom stereocenters. The SMILES string of the molecule is COc1ccc(C(C)N(C)CCCOc2ccc(S(=O)(=O)c3c(C(C)C)nn4c(C)cccc34)cc2)cc1OC. The maximum atomic E-state index is 13.7. The van der Waals surface area contributed by atoms with Gasteiger partial charge in [-0.05, 0) is 87.3 Å². The Balaban J connectivity index is 1.39. The Kier molecular flexibility index (Phi) is 9.05. The molecule has 0 aliphatic carbocycles. The molecule has 4 aromatic rings. The zero-order chi connectivity index (χ0) is 29.0. The number of benzene rings is 2. The second-order valence-corrected chi connectivity index (χ2v) is 12.2. The third kappa shape index (κ3) is 5.95. The van der Waals surface area contributed by atoms with E-state index < -0.39 is 9.84 Å². The van der Waals surface area contributed by atoms with Gasteiger partial charge in [-0.1, -0.05) is 26.0 Å². The van der Waals surface area contributed by atoms with Gasteiger partial charge in [0.25, 0.3) is 0 Å². The van der Waals surface area contributed by atoms with Crippen molar-refractivity contribution in [3.63, 3.8) is 0 Å². The maximum absolute atomic E-state index is 13.7. The second-order valence-electron chi connectivity index (χ2n) is 10.3. The highest BCUT2D eigenvalue weighted by molar-refractivity contribution is 7.91. The Morgan fingerprint density at radius 1 is 0.950 bits per heavy atom. The van der Waals surface area contributed by atoms with E-state index in [1.807, 2.05) is 51.1 Å². The van der Waals surface area contributed by atoms with Gasteiger partial charge >= 0.3 is 0 Å². The van der Waals surface area contributed by atoms with Crippen LogP contribution in [-0.2, 0) is 9.84 Å². The van der Waals surface area contributed by atoms with Gasteiger partial charge in [0.2, 0.25) is 9.84 Å². The van der Waals surface area contributed by atoms with E-state index in [1.54, 1.807) is 49.1 Å². The fourth-order valence-electron chi connectivity index (χ4n) is 4.75. The van der Waals surface area contributed by atoms with Crippen LogP contribution in [0.4, 0.5) is 0 Å². The summed E-state index contributed by atoms with van der Waals surface area (Å²) in [5.74, 6) is 2.02. The van der Waals surface area contributed by atoms with E-state index in [0.29, 0.717) is 35.1 Å². The van der Waals surface area contributed by atoms with Gasteiger partial charge in [-0.25, -0.2) is 12.9 Å². The number of nitrogens with zero attached hydrogens (tertiary/aromatic N) is 3. The number of hydrogen-bond donors (Lipinski definition) is 0. The molecular weight excluding hydrogens is 526 g/mol. The van der Waals surface area contributed by atoms with Gasteiger partial charge in [0.15, 0.2) is 11.5 Å². The number of ether oxygens (including phenoxy) is 3. The molecule has 2 aromatic heterocycles. The summed E-state index contributed by atoms with van der Waals surface area (Å²) >= 11 is 0. The highest BCUT2D eigenvalue weighted by Crippen LogP contribution is 2.34. The molecular formula is C31H39N3O5S. The number of pyridine rings is 1. The van der Waals surface area contributed by atoms with Gasteiger partial charge in [-0.3, -0.25) is 4.90 Å². The predicted molar refractivity (Wildman–Crippen MR) is 157 cm³/mol. The summed E-state index contributed by atoms with van der Waals surface area (Å²) in [5, 5.41) is 4.63. The van der Waals surface area contributed by atoms with E-state index in [9.17, 15) is 8.42 Å². The van der Waals surface area contributed by atoms with E-state index in [4.69, 9.17) is 14.2 Å². The summed E-state index contributed by atoms with van der Waals surface area (Å²) in [6.07, 6.45) is 0.813. The first-order chi connectivity index (χ1) is 19.1. The summed E-state index contributed by atoms with van der Waals surface area (Å²) in [7, 11) is 1.57. The van der Waals surface area contributed by atoms with Crippen LogP contribution in [0.25, 0.3) is 5.52 Å². The lowest BCUT2D eigenvalue weighted by molar-refractivity contribution is 0.225. The molecule has 2 aromatic carbocycles. The van der Waals surface area contributed by atoms with Crippen LogP contribution in [-0.4, -0.2) is 57.4 Å². The molecule has 4 rings (SSSR count). The Bertz CT molecular complexity index is 1560. The van der Waals surface area contributed by atoms with Crippen molar-refractivity contribution < 1.29 is 22.6 Å². The molecule has 0 saturated carbocycles. The van der Waals surface area contributed by atoms with Crippen molar-refractivity contribution in [3.8, 4) is 17.2 Å². The first kappa shape index (κ1) is 29.4. The molecule has 1 atom stereocenters. The van der Waals surface area contributed by atoms with Gasteiger partial charge in [-0.2, -0.15) is 5.10 Å². The Morgan fingerprint density at radius 3 is 2.30 bits per heavy atom. The van der Waals surface area contributed by atoms with Crippen molar-refractivity contribution in [1.29, 1.82) is 0 Å². The smallest absolute Gasteiger partial charge is 0.210 e. The van der Waals surface area contributed by atoms with Crippen LogP contribution in [0.3, 0.4) is 0 Å². The van der Waals surface area contributed by atoms with Crippen molar-refractivity contribution in [2.45, 2.75) is 55.9 Å². The molecule has 0 bridgehead atoms. The molecule has 214 valence electrons. The zero-order valence-corrected chi connectivity index (χ0v) is 25.2. The number of fused-ring (bicyclic) bond motifs is 1. The van der Waals surface area contributed by atoms with Crippen molar-refractivity contribution in [2.24, 2.45) is 0 Å². The third-order valence-electron chi connectivity index (χ3n) is 7.25. The summed E-state index contributed by atoms with van der Waals surface area (Å²) in [4.78, 5) is 2.75. The standard InChI is InChI=1S/C31H39N3O5S/c1-21(2)30-31(27-11-8-10-22(3)34(27)32-30)40(35,36)26-15-13-25(14-16-26)39-19-9-18-33(5)23(4)24-12-17-28(37-6)29(20-24)38-7/h8,10-17,20-21,23H,9,18-19H2,1-7H3. The molecule has 0 fully saturated rings. The Labute approximate surface area is 237 Å². The molecule has 0 spiro atoms. The van der Waals surface area contributed by atoms with E-state index in [2.05, 4.69) is 24.0 Å². The number of methoxy groups -OCH3 is 2. The number of rotatable bonds is 12. The quantitative estimate of drug-likeness (QED) is 0.193. The van der Waals surface area contributed by atoms with E-state index in [1.165, 1.54) is 0 Å². The topological polar surface area (TPSA) is 82.4 Å². The van der Waals surface area contributed by atoms with Crippen LogP contribution >= 0.6 is 0 Å². The lowest BCUT2D eigenvalue weighted by atomic mass is 10.1. The third-order valence-corrected chi connectivity index (χ3v) is 9.10. The van der Waals surface area contributed by atoms with Crippen molar-refractivity contribution in [1.82, 2.24) is 14.5 Å². The van der Waals surface area contributed by atoms with E-state index >= 15 is 0 Å². The van der Waals surface area contributed by atoms with Gasteiger partial charge in [0.1, 0.15) is 10.6 Å². The minimum Gasteiger partial charge on any atom is -0.494 e. The monoisotopic (exact) mass is 565 g/mol. The van der Waals surface area contributed by atoms with Crippen molar-refractivity contribution in [3.05, 3.63) is 77.6 Å². The molecule has 0 N–H and O–H groups in total. The average Bonchev–Trinajstić information content (AvgIpc) is 3.37. The lowest BCUT2D eigenvalue weighted by Crippen LogP contribution is -2.24. The number of hydrogen-bond acceptors (Lipinski definition) is 7. The maximum Gasteiger partial charge on any atom is 0.210 e. The molecule has 0 radical (unpaired) electrons. The fourth-order valence-corrected chi connectivity index (χ4v) is 6.46. The largest absolute Gasteiger partial charge is 0.494 e. The lowest BCUT2D eigenvalue weighted by Gasteiger charge is -2.25. The van der Waals surface area contributed by atoms with Gasteiger partial charge in [-0.15, -0.1) is 0 Å². The van der Waals surface area contributed by atoms with Crippen LogP contribution in [0.15, 0.2) is 70.5 Å². The van der Waals surface area contributed by atoms with E-state index in [-0.39, 0.29) is 21.8 Å². The highest BCUT2D eigenvalue weighted by Gasteiger charge is 2.29. The van der Waals surface area contributed by atoms with Crippen LogP contribution in [0.5, 0.6) is 17.2 Å². The summed E-state index contributed by atoms with van der Waals surface area (Å²) < 4.78 is 45.9. The zero-order valence-electron chi connectivity index (χ0n) is 24.3. The predicted octanol–water partition coefficient (Wildman–Crippen LogP) is 6.08. The normalized spacial score (nSPS) is 12.7. The molecule has 40 heavy (non-hydrogen) atoms. The summed E-state index contributed by atoms with van der Waals surface area (Å²) in [5.41, 5.74) is 3.18. The van der Waals surface area contributed by atoms with Crippen LogP contribution < -0.4 is 14.2 Å². The van der Waals surface area contributed by atoms with Crippen molar-refractivity contribution >= 4 is 15.4 Å². The average molecular weight is 566 g/mol. The number of aromatic nitrogens is 2. The molecule has 0 aliphatic rings. The van der Waals surface area contributed by atoms with Gasteiger partial charge in [0, 0.05) is 18.3 Å². The minimum absolute atomic E-state index is 0.0423. The summed E-state index contributed by atoms with van der Waals surface area (Å²) in [6, 6.07) is 18.4. The molecule has 0 aliphatic heterocycles. The van der Waals surface area contributed by atoms with E-state index in [0.717, 1.165) is 24.2 Å². The molecule has 8 nitrogen and oxygen atoms in total. The van der Waals surface area contributed by atoms with Crippen molar-refractivity contribution in [2.75, 3.05) is 34.4 Å². The first-order valence-corrected chi connectivity index (χ1v) is 14.9.